The van der Waals surface area contributed by atoms with Crippen LogP contribution in [0.25, 0.3) is 0 Å². The molecule has 21 heavy (non-hydrogen) atoms. The topological polar surface area (TPSA) is 105 Å². The number of anilines is 1. The number of nitrogens with zero attached hydrogens (tertiary/aromatic N) is 3. The maximum Gasteiger partial charge on any atom is 0.224 e. The minimum Gasteiger partial charge on any atom is -0.369 e. The van der Waals surface area contributed by atoms with Crippen LogP contribution in [0.3, 0.4) is 0 Å². The molecule has 0 unspecified atom stereocenters. The average Bonchev–Trinajstić information content (AvgIpc) is 3.00. The number of aromatic nitrogens is 2. The van der Waals surface area contributed by atoms with Gasteiger partial charge in [0.2, 0.25) is 11.2 Å². The average molecular weight is 310 g/mol. The van der Waals surface area contributed by atoms with Gasteiger partial charge in [0, 0.05) is 6.04 Å². The van der Waals surface area contributed by atoms with Crippen LogP contribution >= 0.6 is 11.6 Å². The Morgan fingerprint density at radius 1 is 1.57 bits per heavy atom. The van der Waals surface area contributed by atoms with Crippen molar-refractivity contribution in [1.29, 1.82) is 5.26 Å². The van der Waals surface area contributed by atoms with Crippen molar-refractivity contribution in [2.75, 3.05) is 5.32 Å². The Morgan fingerprint density at radius 3 is 3.00 bits per heavy atom. The summed E-state index contributed by atoms with van der Waals surface area (Å²) in [4.78, 5) is 19.0. The smallest absolute Gasteiger partial charge is 0.224 e. The molecule has 6 nitrogen and oxygen atoms in total. The van der Waals surface area contributed by atoms with E-state index < -0.39 is 23.7 Å². The molecular formula is C13H13ClFN5O. The number of halogens is 2. The Kier molecular flexibility index (Phi) is 3.41. The quantitative estimate of drug-likeness (QED) is 0.820. The monoisotopic (exact) mass is 309 g/mol. The summed E-state index contributed by atoms with van der Waals surface area (Å²) in [6.45, 7) is 0. The van der Waals surface area contributed by atoms with Gasteiger partial charge in [-0.1, -0.05) is 0 Å². The molecule has 0 aliphatic heterocycles. The first-order valence-electron chi connectivity index (χ1n) is 6.64. The lowest BCUT2D eigenvalue weighted by Crippen LogP contribution is -2.45. The normalized spacial score (nSPS) is 33.7. The molecule has 2 bridgehead atoms. The molecule has 110 valence electrons. The number of nitrogens with one attached hydrogen (secondary N) is 1. The Hall–Kier alpha value is -1.94. The molecule has 1 amide bonds. The standard InChI is InChI=1S/C13H13ClFN5O/c14-13-18-4-8(15)12(20-13)19-10-7-2-5(1-6(7)3-16)9(10)11(17)21/h4-7,9-10H,1-2H2,(H2,17,21)(H,18,19,20)/t5-,6-,7+,9-,10+/m0/s1. The van der Waals surface area contributed by atoms with Crippen LogP contribution in [-0.2, 0) is 4.79 Å². The number of primary amides is 1. The molecule has 1 heterocycles. The zero-order valence-corrected chi connectivity index (χ0v) is 11.7. The summed E-state index contributed by atoms with van der Waals surface area (Å²) >= 11 is 5.66. The molecule has 2 saturated carbocycles. The Balaban J connectivity index is 1.90. The molecule has 3 rings (SSSR count). The number of nitrogens with two attached hydrogens (primary N) is 1. The Bertz CT molecular complexity index is 633. The zero-order valence-electron chi connectivity index (χ0n) is 11.0. The first-order valence-corrected chi connectivity index (χ1v) is 7.02. The molecule has 1 aromatic heterocycles. The van der Waals surface area contributed by atoms with Gasteiger partial charge in [-0.05, 0) is 36.3 Å². The number of hydrogen-bond acceptors (Lipinski definition) is 5. The summed E-state index contributed by atoms with van der Waals surface area (Å²) in [5, 5.41) is 12.0. The van der Waals surface area contributed by atoms with Gasteiger partial charge in [-0.15, -0.1) is 0 Å². The summed E-state index contributed by atoms with van der Waals surface area (Å²) in [5.41, 5.74) is 5.47. The van der Waals surface area contributed by atoms with E-state index in [-0.39, 0.29) is 28.9 Å². The molecule has 3 N–H and O–H groups in total. The van der Waals surface area contributed by atoms with Gasteiger partial charge in [-0.2, -0.15) is 10.2 Å². The van der Waals surface area contributed by atoms with Crippen LogP contribution in [0.2, 0.25) is 5.28 Å². The molecular weight excluding hydrogens is 297 g/mol. The van der Waals surface area contributed by atoms with Crippen molar-refractivity contribution < 1.29 is 9.18 Å². The number of fused-ring (bicyclic) bond motifs is 2. The molecule has 2 fully saturated rings. The number of hydrogen-bond donors (Lipinski definition) is 2. The molecule has 0 radical (unpaired) electrons. The highest BCUT2D eigenvalue weighted by molar-refractivity contribution is 6.28. The van der Waals surface area contributed by atoms with E-state index in [1.165, 1.54) is 0 Å². The minimum atomic E-state index is -0.654. The van der Waals surface area contributed by atoms with Crippen LogP contribution in [-0.4, -0.2) is 21.9 Å². The Labute approximate surface area is 125 Å². The number of rotatable bonds is 3. The van der Waals surface area contributed by atoms with E-state index in [0.29, 0.717) is 6.42 Å². The van der Waals surface area contributed by atoms with Crippen molar-refractivity contribution >= 4 is 23.3 Å². The molecule has 2 aliphatic carbocycles. The summed E-state index contributed by atoms with van der Waals surface area (Å²) in [7, 11) is 0. The number of amides is 1. The molecule has 0 aromatic carbocycles. The maximum atomic E-state index is 13.7. The van der Waals surface area contributed by atoms with Gasteiger partial charge in [-0.25, -0.2) is 9.37 Å². The van der Waals surface area contributed by atoms with E-state index in [1.54, 1.807) is 0 Å². The number of carbonyl (C=O) groups is 1. The first kappa shape index (κ1) is 14.0. The van der Waals surface area contributed by atoms with E-state index in [2.05, 4.69) is 21.4 Å². The van der Waals surface area contributed by atoms with Crippen LogP contribution in [0, 0.1) is 40.8 Å². The number of carbonyl (C=O) groups excluding carboxylic acids is 1. The maximum absolute atomic E-state index is 13.7. The molecule has 2 aliphatic rings. The van der Waals surface area contributed by atoms with Crippen molar-refractivity contribution in [3.8, 4) is 6.07 Å². The second-order valence-electron chi connectivity index (χ2n) is 5.56. The summed E-state index contributed by atoms with van der Waals surface area (Å²) in [6.07, 6.45) is 2.37. The largest absolute Gasteiger partial charge is 0.369 e. The first-order chi connectivity index (χ1) is 10.0. The second kappa shape index (κ2) is 5.11. The van der Waals surface area contributed by atoms with E-state index in [0.717, 1.165) is 12.6 Å². The van der Waals surface area contributed by atoms with E-state index in [4.69, 9.17) is 17.3 Å². The van der Waals surface area contributed by atoms with Crippen LogP contribution in [0.5, 0.6) is 0 Å². The molecule has 0 spiro atoms. The highest BCUT2D eigenvalue weighted by Crippen LogP contribution is 2.52. The van der Waals surface area contributed by atoms with E-state index in [9.17, 15) is 14.4 Å². The van der Waals surface area contributed by atoms with Crippen molar-refractivity contribution in [3.63, 3.8) is 0 Å². The summed E-state index contributed by atoms with van der Waals surface area (Å²) in [5.74, 6) is -1.69. The van der Waals surface area contributed by atoms with E-state index >= 15 is 0 Å². The van der Waals surface area contributed by atoms with Crippen LogP contribution < -0.4 is 11.1 Å². The van der Waals surface area contributed by atoms with Gasteiger partial charge in [-0.3, -0.25) is 4.79 Å². The summed E-state index contributed by atoms with van der Waals surface area (Å²) < 4.78 is 13.7. The van der Waals surface area contributed by atoms with Gasteiger partial charge >= 0.3 is 0 Å². The van der Waals surface area contributed by atoms with Gasteiger partial charge in [0.05, 0.1) is 24.1 Å². The van der Waals surface area contributed by atoms with Crippen LogP contribution in [0.15, 0.2) is 6.20 Å². The SMILES string of the molecule is N#C[C@@H]1C[C@H]2C[C@H]1[C@@H](Nc1nc(Cl)ncc1F)[C@H]2C(N)=O. The number of nitriles is 1. The molecule has 1 aromatic rings. The third kappa shape index (κ3) is 2.29. The second-order valence-corrected chi connectivity index (χ2v) is 5.90. The fraction of sp³-hybridized carbons (Fsp3) is 0.538. The highest BCUT2D eigenvalue weighted by Gasteiger charge is 2.55. The van der Waals surface area contributed by atoms with E-state index in [1.807, 2.05) is 0 Å². The third-order valence-electron chi connectivity index (χ3n) is 4.52. The highest BCUT2D eigenvalue weighted by atomic mass is 35.5. The van der Waals surface area contributed by atoms with Crippen molar-refractivity contribution in [3.05, 3.63) is 17.3 Å². The van der Waals surface area contributed by atoms with Gasteiger partial charge in [0.25, 0.3) is 0 Å². The molecule has 0 saturated heterocycles. The Morgan fingerprint density at radius 2 is 2.33 bits per heavy atom. The van der Waals surface area contributed by atoms with Crippen molar-refractivity contribution in [2.45, 2.75) is 18.9 Å². The zero-order chi connectivity index (χ0) is 15.1. The lowest BCUT2D eigenvalue weighted by atomic mass is 9.78. The fourth-order valence-corrected chi connectivity index (χ4v) is 3.85. The predicted molar refractivity (Wildman–Crippen MR) is 72.4 cm³/mol. The van der Waals surface area contributed by atoms with Crippen molar-refractivity contribution in [1.82, 2.24) is 9.97 Å². The van der Waals surface area contributed by atoms with Crippen LogP contribution in [0.1, 0.15) is 12.8 Å². The third-order valence-corrected chi connectivity index (χ3v) is 4.70. The van der Waals surface area contributed by atoms with Gasteiger partial charge in [0.15, 0.2) is 11.6 Å². The van der Waals surface area contributed by atoms with Gasteiger partial charge < -0.3 is 11.1 Å². The minimum absolute atomic E-state index is 0.0364. The van der Waals surface area contributed by atoms with Crippen LogP contribution in [0.4, 0.5) is 10.2 Å². The summed E-state index contributed by atoms with van der Waals surface area (Å²) in [6, 6.07) is 1.86. The van der Waals surface area contributed by atoms with Gasteiger partial charge in [0.1, 0.15) is 0 Å². The fourth-order valence-electron chi connectivity index (χ4n) is 3.72. The molecule has 8 heteroatoms. The molecule has 5 atom stereocenters. The lowest BCUT2D eigenvalue weighted by molar-refractivity contribution is -0.123. The lowest BCUT2D eigenvalue weighted by Gasteiger charge is -2.32. The van der Waals surface area contributed by atoms with Crippen molar-refractivity contribution in [2.24, 2.45) is 29.4 Å². The predicted octanol–water partition coefficient (Wildman–Crippen LogP) is 1.33.